The fourth-order valence-electron chi connectivity index (χ4n) is 0.400. The van der Waals surface area contributed by atoms with E-state index in [1.54, 1.807) is 0 Å². The number of aromatic nitrogens is 2. The third-order valence-corrected chi connectivity index (χ3v) is 0.989. The summed E-state index contributed by atoms with van der Waals surface area (Å²) in [5.41, 5.74) is 0. The van der Waals surface area contributed by atoms with Crippen molar-refractivity contribution in [1.29, 1.82) is 0 Å². The SMILES string of the molecule is O=[N+]([O-])c1cnc(Cl)cn1. The van der Waals surface area contributed by atoms with E-state index in [1.807, 2.05) is 0 Å². The van der Waals surface area contributed by atoms with Gasteiger partial charge in [-0.3, -0.25) is 0 Å². The molecule has 0 aromatic carbocycles. The number of hydrogen-bond donors (Lipinski definition) is 0. The summed E-state index contributed by atoms with van der Waals surface area (Å²) in [5.74, 6) is -0.301. The average Bonchev–Trinajstić information content (AvgIpc) is 1.88. The first-order chi connectivity index (χ1) is 4.70. The van der Waals surface area contributed by atoms with Crippen molar-refractivity contribution in [3.8, 4) is 0 Å². The predicted molar refractivity (Wildman–Crippen MR) is 33.7 cm³/mol. The first-order valence-corrected chi connectivity index (χ1v) is 2.70. The zero-order valence-electron chi connectivity index (χ0n) is 4.69. The van der Waals surface area contributed by atoms with Crippen molar-refractivity contribution < 1.29 is 4.92 Å². The van der Waals surface area contributed by atoms with E-state index in [4.69, 9.17) is 11.6 Å². The third-order valence-electron chi connectivity index (χ3n) is 0.794. The normalized spacial score (nSPS) is 9.30. The van der Waals surface area contributed by atoms with Crippen LogP contribution in [0.1, 0.15) is 0 Å². The zero-order chi connectivity index (χ0) is 7.56. The maximum atomic E-state index is 9.97. The van der Waals surface area contributed by atoms with E-state index in [0.29, 0.717) is 0 Å². The van der Waals surface area contributed by atoms with Crippen LogP contribution in [0.3, 0.4) is 0 Å². The van der Waals surface area contributed by atoms with Gasteiger partial charge in [0.15, 0.2) is 11.3 Å². The maximum Gasteiger partial charge on any atom is 0.382 e. The van der Waals surface area contributed by atoms with E-state index in [-0.39, 0.29) is 11.0 Å². The number of rotatable bonds is 1. The van der Waals surface area contributed by atoms with Crippen LogP contribution in [-0.2, 0) is 0 Å². The van der Waals surface area contributed by atoms with Gasteiger partial charge >= 0.3 is 5.82 Å². The molecule has 0 aliphatic heterocycles. The van der Waals surface area contributed by atoms with Crippen molar-refractivity contribution in [2.45, 2.75) is 0 Å². The van der Waals surface area contributed by atoms with Gasteiger partial charge in [-0.2, -0.15) is 0 Å². The van der Waals surface area contributed by atoms with Crippen LogP contribution in [0.15, 0.2) is 12.4 Å². The lowest BCUT2D eigenvalue weighted by Gasteiger charge is -1.88. The summed E-state index contributed by atoms with van der Waals surface area (Å²) in [6.07, 6.45) is 2.13. The Morgan fingerprint density at radius 3 is 2.60 bits per heavy atom. The van der Waals surface area contributed by atoms with Crippen molar-refractivity contribution in [3.63, 3.8) is 0 Å². The van der Waals surface area contributed by atoms with Crippen molar-refractivity contribution in [3.05, 3.63) is 27.7 Å². The van der Waals surface area contributed by atoms with Crippen LogP contribution in [-0.4, -0.2) is 14.9 Å². The summed E-state index contributed by atoms with van der Waals surface area (Å²) in [5, 5.41) is 10.1. The summed E-state index contributed by atoms with van der Waals surface area (Å²) in [7, 11) is 0. The summed E-state index contributed by atoms with van der Waals surface area (Å²) < 4.78 is 0. The van der Waals surface area contributed by atoms with Gasteiger partial charge in [-0.1, -0.05) is 11.6 Å². The third kappa shape index (κ3) is 1.38. The van der Waals surface area contributed by atoms with Crippen LogP contribution < -0.4 is 0 Å². The Morgan fingerprint density at radius 2 is 2.20 bits per heavy atom. The minimum absolute atomic E-state index is 0.144. The quantitative estimate of drug-likeness (QED) is 0.454. The molecule has 0 aliphatic rings. The molecule has 0 atom stereocenters. The molecular formula is C4H2ClN3O2. The monoisotopic (exact) mass is 159 g/mol. The first kappa shape index (κ1) is 6.88. The lowest BCUT2D eigenvalue weighted by molar-refractivity contribution is -0.389. The Balaban J connectivity index is 3.00. The Labute approximate surface area is 60.8 Å². The lowest BCUT2D eigenvalue weighted by atomic mass is 10.7. The summed E-state index contributed by atoms with van der Waals surface area (Å²) in [4.78, 5) is 16.2. The molecule has 0 radical (unpaired) electrons. The molecule has 5 nitrogen and oxygen atoms in total. The minimum atomic E-state index is -0.636. The molecule has 0 aliphatic carbocycles. The van der Waals surface area contributed by atoms with Gasteiger partial charge in [-0.05, 0) is 9.91 Å². The van der Waals surface area contributed by atoms with Gasteiger partial charge in [0.05, 0.1) is 0 Å². The smallest absolute Gasteiger partial charge is 0.358 e. The number of nitro groups is 1. The largest absolute Gasteiger partial charge is 0.382 e. The predicted octanol–water partition coefficient (Wildman–Crippen LogP) is 1.04. The van der Waals surface area contributed by atoms with E-state index in [2.05, 4.69) is 9.97 Å². The summed E-state index contributed by atoms with van der Waals surface area (Å²) in [6, 6.07) is 0. The van der Waals surface area contributed by atoms with E-state index >= 15 is 0 Å². The Morgan fingerprint density at radius 1 is 1.50 bits per heavy atom. The molecule has 52 valence electrons. The second-order valence-corrected chi connectivity index (χ2v) is 1.84. The maximum absolute atomic E-state index is 9.97. The Hall–Kier alpha value is -1.23. The molecule has 0 spiro atoms. The van der Waals surface area contributed by atoms with Gasteiger partial charge in [0, 0.05) is 0 Å². The van der Waals surface area contributed by atoms with Crippen LogP contribution >= 0.6 is 11.6 Å². The number of nitrogens with zero attached hydrogens (tertiary/aromatic N) is 3. The van der Waals surface area contributed by atoms with Crippen molar-refractivity contribution in [1.82, 2.24) is 9.97 Å². The van der Waals surface area contributed by atoms with Crippen molar-refractivity contribution in [2.75, 3.05) is 0 Å². The van der Waals surface area contributed by atoms with E-state index in [9.17, 15) is 10.1 Å². The van der Waals surface area contributed by atoms with Gasteiger partial charge in [-0.15, -0.1) is 0 Å². The molecule has 0 bridgehead atoms. The molecule has 0 saturated heterocycles. The van der Waals surface area contributed by atoms with Crippen LogP contribution in [0, 0.1) is 10.1 Å². The molecule has 10 heavy (non-hydrogen) atoms. The van der Waals surface area contributed by atoms with Gasteiger partial charge < -0.3 is 10.1 Å². The highest BCUT2D eigenvalue weighted by Crippen LogP contribution is 2.06. The highest BCUT2D eigenvalue weighted by molar-refractivity contribution is 6.29. The van der Waals surface area contributed by atoms with E-state index in [1.165, 1.54) is 0 Å². The van der Waals surface area contributed by atoms with Crippen LogP contribution in [0.5, 0.6) is 0 Å². The summed E-state index contributed by atoms with van der Waals surface area (Å²) in [6.45, 7) is 0. The molecule has 1 rings (SSSR count). The fraction of sp³-hybridized carbons (Fsp3) is 0. The van der Waals surface area contributed by atoms with Gasteiger partial charge in [-0.25, -0.2) is 4.98 Å². The van der Waals surface area contributed by atoms with Gasteiger partial charge in [0.1, 0.15) is 6.20 Å². The molecule has 1 heterocycles. The van der Waals surface area contributed by atoms with E-state index < -0.39 is 4.92 Å². The molecule has 0 N–H and O–H groups in total. The molecule has 0 unspecified atom stereocenters. The standard InChI is InChI=1S/C4H2ClN3O2/c5-3-1-7-4(2-6-3)8(9)10/h1-2H. The highest BCUT2D eigenvalue weighted by atomic mass is 35.5. The van der Waals surface area contributed by atoms with Crippen molar-refractivity contribution >= 4 is 17.4 Å². The number of hydrogen-bond acceptors (Lipinski definition) is 4. The second-order valence-electron chi connectivity index (χ2n) is 1.45. The zero-order valence-corrected chi connectivity index (χ0v) is 5.45. The molecule has 1 aromatic rings. The average molecular weight is 160 g/mol. The Bertz CT molecular complexity index is 247. The van der Waals surface area contributed by atoms with Gasteiger partial charge in [0.2, 0.25) is 0 Å². The van der Waals surface area contributed by atoms with E-state index in [0.717, 1.165) is 12.4 Å². The molecule has 0 saturated carbocycles. The molecular weight excluding hydrogens is 158 g/mol. The molecule has 0 amide bonds. The number of halogens is 1. The molecule has 0 fully saturated rings. The van der Waals surface area contributed by atoms with Crippen molar-refractivity contribution in [2.24, 2.45) is 0 Å². The first-order valence-electron chi connectivity index (χ1n) is 2.32. The Kier molecular flexibility index (Phi) is 1.77. The van der Waals surface area contributed by atoms with Crippen LogP contribution in [0.2, 0.25) is 5.15 Å². The lowest BCUT2D eigenvalue weighted by Crippen LogP contribution is -1.91. The second kappa shape index (κ2) is 2.57. The fourth-order valence-corrected chi connectivity index (χ4v) is 0.497. The van der Waals surface area contributed by atoms with Crippen LogP contribution in [0.25, 0.3) is 0 Å². The van der Waals surface area contributed by atoms with Gasteiger partial charge in [0.25, 0.3) is 0 Å². The highest BCUT2D eigenvalue weighted by Gasteiger charge is 2.05. The topological polar surface area (TPSA) is 68.9 Å². The molecule has 1 aromatic heterocycles. The molecule has 6 heteroatoms. The summed E-state index contributed by atoms with van der Waals surface area (Å²) >= 11 is 5.32. The minimum Gasteiger partial charge on any atom is -0.358 e. The van der Waals surface area contributed by atoms with Crippen LogP contribution in [0.4, 0.5) is 5.82 Å².